The van der Waals surface area contributed by atoms with Gasteiger partial charge in [-0.05, 0) is 19.9 Å². The second-order valence-corrected chi connectivity index (χ2v) is 25.2. The average molecular weight is 345 g/mol. The number of halogens is 2. The zero-order valence-corrected chi connectivity index (χ0v) is 13.3. The van der Waals surface area contributed by atoms with E-state index in [9.17, 15) is 0 Å². The third-order valence-electron chi connectivity index (χ3n) is 1.47. The van der Waals surface area contributed by atoms with Crippen LogP contribution in [0.3, 0.4) is 0 Å². The number of rotatable bonds is 0. The van der Waals surface area contributed by atoms with E-state index in [1.807, 2.05) is 42.0 Å². The van der Waals surface area contributed by atoms with Gasteiger partial charge in [-0.1, -0.05) is 12.2 Å². The molecule has 1 atom stereocenters. The predicted octanol–water partition coefficient (Wildman–Crippen LogP) is 3.71. The van der Waals surface area contributed by atoms with Crippen molar-refractivity contribution in [3.8, 4) is 0 Å². The van der Waals surface area contributed by atoms with E-state index in [4.69, 9.17) is 23.0 Å². The fourth-order valence-electron chi connectivity index (χ4n) is 0.835. The first-order valence-electron chi connectivity index (χ1n) is 4.43. The van der Waals surface area contributed by atoms with Gasteiger partial charge in [0.1, 0.15) is 0 Å². The minimum absolute atomic E-state index is 0.120. The van der Waals surface area contributed by atoms with Gasteiger partial charge in [-0.2, -0.15) is 0 Å². The van der Waals surface area contributed by atoms with Crippen molar-refractivity contribution >= 4 is 34.0 Å². The first-order valence-corrected chi connectivity index (χ1v) is 17.4. The van der Waals surface area contributed by atoms with Gasteiger partial charge >= 0.3 is 43.8 Å². The summed E-state index contributed by atoms with van der Waals surface area (Å²) in [5.41, 5.74) is 0.894. The van der Waals surface area contributed by atoms with Gasteiger partial charge in [-0.25, -0.2) is 0 Å². The molecule has 2 nitrogen and oxygen atoms in total. The van der Waals surface area contributed by atoms with Gasteiger partial charge in [0.25, 0.3) is 0 Å². The van der Waals surface area contributed by atoms with Crippen LogP contribution >= 0.6 is 17.8 Å². The van der Waals surface area contributed by atoms with Crippen LogP contribution in [0.4, 0.5) is 0 Å². The number of allylic oxidation sites excluding steroid dienone is 3. The molecule has 82 valence electrons. The fraction of sp³-hybridized carbons (Fsp3) is 0.556. The zero-order valence-electron chi connectivity index (χ0n) is 8.96. The Morgan fingerprint density at radius 1 is 1.43 bits per heavy atom. The van der Waals surface area contributed by atoms with Crippen molar-refractivity contribution in [2.24, 2.45) is 0 Å². The Kier molecular flexibility index (Phi) is 6.53. The van der Waals surface area contributed by atoms with E-state index in [1.165, 1.54) is 5.06 Å². The van der Waals surface area contributed by atoms with Gasteiger partial charge in [0.2, 0.25) is 0 Å². The molecule has 5 heteroatoms. The predicted molar refractivity (Wildman–Crippen MR) is 65.2 cm³/mol. The van der Waals surface area contributed by atoms with Gasteiger partial charge < -0.3 is 0 Å². The third-order valence-corrected chi connectivity index (χ3v) is 1.47. The van der Waals surface area contributed by atoms with Crippen molar-refractivity contribution < 1.29 is 5.21 Å². The summed E-state index contributed by atoms with van der Waals surface area (Å²) in [6.45, 7) is 3.81. The standard InChI is InChI=1S/C7H11NO.2CH3.2ClH.Sn/c1-6-4-3-5-7(2)8(6)9;;;;;/h3-6,9H,1-2H3;2*1H3;2*1H;/q;;;;;+2/p-2. The molecule has 1 aliphatic heterocycles. The van der Waals surface area contributed by atoms with E-state index in [1.54, 1.807) is 0 Å². The molecule has 0 fully saturated rings. The summed E-state index contributed by atoms with van der Waals surface area (Å²) in [6, 6.07) is 0.120. The number of hydrogen-bond donors (Lipinski definition) is 1. The molecular formula is C9H17Cl2NOSn. The molecule has 0 saturated carbocycles. The summed E-state index contributed by atoms with van der Waals surface area (Å²) in [5.74, 6) is 0. The summed E-state index contributed by atoms with van der Waals surface area (Å²) in [6.07, 6.45) is 5.76. The van der Waals surface area contributed by atoms with E-state index in [-0.39, 0.29) is 6.04 Å². The second-order valence-electron chi connectivity index (χ2n) is 3.61. The number of nitrogens with zero attached hydrogens (tertiary/aromatic N) is 1. The molecular weight excluding hydrogens is 328 g/mol. The molecule has 0 saturated heterocycles. The van der Waals surface area contributed by atoms with E-state index < -0.39 is 16.1 Å². The SMILES string of the molecule is CC1=CC=CC(C)N1O.[CH3][Sn]([CH3])([Cl])[Cl]. The van der Waals surface area contributed by atoms with Crippen LogP contribution in [0.1, 0.15) is 13.8 Å². The normalized spacial score (nSPS) is 21.2. The van der Waals surface area contributed by atoms with Crippen molar-refractivity contribution in [2.75, 3.05) is 0 Å². The molecule has 0 aliphatic carbocycles. The van der Waals surface area contributed by atoms with Crippen molar-refractivity contribution in [3.63, 3.8) is 0 Å². The Balaban J connectivity index is 0.000000292. The molecule has 1 heterocycles. The summed E-state index contributed by atoms with van der Waals surface area (Å²) >= 11 is -2.24. The van der Waals surface area contributed by atoms with Crippen LogP contribution in [-0.4, -0.2) is 32.4 Å². The van der Waals surface area contributed by atoms with Crippen LogP contribution < -0.4 is 0 Å². The Morgan fingerprint density at radius 2 is 1.86 bits per heavy atom. The zero-order chi connectivity index (χ0) is 11.4. The quantitative estimate of drug-likeness (QED) is 0.677. The van der Waals surface area contributed by atoms with Crippen LogP contribution in [0.25, 0.3) is 0 Å². The van der Waals surface area contributed by atoms with E-state index in [2.05, 4.69) is 0 Å². The molecule has 1 N–H and O–H groups in total. The second kappa shape index (κ2) is 6.26. The van der Waals surface area contributed by atoms with Crippen molar-refractivity contribution in [1.82, 2.24) is 5.06 Å². The van der Waals surface area contributed by atoms with Gasteiger partial charge in [0.15, 0.2) is 0 Å². The first-order chi connectivity index (χ1) is 6.22. The van der Waals surface area contributed by atoms with Gasteiger partial charge in [-0.15, -0.1) is 0 Å². The minimum atomic E-state index is -2.24. The van der Waals surface area contributed by atoms with Crippen molar-refractivity contribution in [1.29, 1.82) is 0 Å². The maximum absolute atomic E-state index is 9.16. The molecule has 1 aliphatic rings. The third kappa shape index (κ3) is 7.97. The van der Waals surface area contributed by atoms with Crippen LogP contribution in [-0.2, 0) is 0 Å². The van der Waals surface area contributed by atoms with E-state index in [0.29, 0.717) is 0 Å². The molecule has 0 bridgehead atoms. The van der Waals surface area contributed by atoms with Crippen LogP contribution in [0.5, 0.6) is 0 Å². The molecule has 1 rings (SSSR count). The van der Waals surface area contributed by atoms with E-state index >= 15 is 0 Å². The number of hydroxylamine groups is 2. The maximum atomic E-state index is 9.16. The molecule has 14 heavy (non-hydrogen) atoms. The fourth-order valence-corrected chi connectivity index (χ4v) is 0.835. The Bertz CT molecular complexity index is 229. The first kappa shape index (κ1) is 14.6. The molecule has 1 unspecified atom stereocenters. The number of hydrogen-bond acceptors (Lipinski definition) is 2. The Labute approximate surface area is 97.4 Å². The average Bonchev–Trinajstić information content (AvgIpc) is 1.97. The summed E-state index contributed by atoms with van der Waals surface area (Å²) < 4.78 is 0. The van der Waals surface area contributed by atoms with E-state index in [0.717, 1.165) is 5.70 Å². The molecule has 0 radical (unpaired) electrons. The topological polar surface area (TPSA) is 23.5 Å². The summed E-state index contributed by atoms with van der Waals surface area (Å²) in [5, 5.41) is 10.4. The molecule has 0 amide bonds. The van der Waals surface area contributed by atoms with Gasteiger partial charge in [0, 0.05) is 5.70 Å². The molecule has 0 spiro atoms. The molecule has 0 aromatic carbocycles. The van der Waals surface area contributed by atoms with Crippen molar-refractivity contribution in [3.05, 3.63) is 23.9 Å². The van der Waals surface area contributed by atoms with Crippen LogP contribution in [0, 0.1) is 0 Å². The molecule has 0 aromatic heterocycles. The van der Waals surface area contributed by atoms with Crippen LogP contribution in [0.15, 0.2) is 23.9 Å². The monoisotopic (exact) mass is 345 g/mol. The molecule has 0 aromatic rings. The van der Waals surface area contributed by atoms with Gasteiger partial charge in [-0.3, -0.25) is 10.3 Å². The summed E-state index contributed by atoms with van der Waals surface area (Å²) in [4.78, 5) is 3.86. The van der Waals surface area contributed by atoms with Gasteiger partial charge in [0.05, 0.1) is 6.04 Å². The Hall–Kier alpha value is 0.619. The summed E-state index contributed by atoms with van der Waals surface area (Å²) in [7, 11) is 11.0. The van der Waals surface area contributed by atoms with Crippen molar-refractivity contribution in [2.45, 2.75) is 29.8 Å². The van der Waals surface area contributed by atoms with Crippen LogP contribution in [0.2, 0.25) is 9.88 Å². The Morgan fingerprint density at radius 3 is 2.14 bits per heavy atom.